The third-order valence-electron chi connectivity index (χ3n) is 4.35. The summed E-state index contributed by atoms with van der Waals surface area (Å²) >= 11 is 1.24. The summed E-state index contributed by atoms with van der Waals surface area (Å²) in [7, 11) is -3.51. The van der Waals surface area contributed by atoms with Crippen LogP contribution in [0.5, 0.6) is 0 Å². The molecule has 8 heteroatoms. The fourth-order valence-corrected chi connectivity index (χ4v) is 6.11. The molecule has 2 atom stereocenters. The van der Waals surface area contributed by atoms with Gasteiger partial charge in [0.25, 0.3) is 10.0 Å². The normalized spacial score (nSPS) is 27.4. The van der Waals surface area contributed by atoms with Crippen LogP contribution in [0.2, 0.25) is 0 Å². The maximum atomic E-state index is 12.7. The van der Waals surface area contributed by atoms with E-state index in [-0.39, 0.29) is 12.1 Å². The van der Waals surface area contributed by atoms with Crippen molar-refractivity contribution in [2.45, 2.75) is 49.4 Å². The SMILES string of the molecule is Cc1nc(C)c(S(=O)(=O)NC2CCOCC2N2CCCC2)s1. The van der Waals surface area contributed by atoms with E-state index in [9.17, 15) is 8.42 Å². The zero-order chi connectivity index (χ0) is 15.7. The van der Waals surface area contributed by atoms with Gasteiger partial charge in [-0.05, 0) is 46.2 Å². The fourth-order valence-electron chi connectivity index (χ4n) is 3.31. The molecule has 1 aromatic heterocycles. The van der Waals surface area contributed by atoms with Gasteiger partial charge in [-0.1, -0.05) is 0 Å². The van der Waals surface area contributed by atoms with Crippen molar-refractivity contribution in [3.05, 3.63) is 10.7 Å². The van der Waals surface area contributed by atoms with E-state index < -0.39 is 10.0 Å². The number of nitrogens with one attached hydrogen (secondary N) is 1. The number of rotatable bonds is 4. The molecule has 0 aromatic carbocycles. The molecule has 0 saturated carbocycles. The van der Waals surface area contributed by atoms with Gasteiger partial charge in [-0.3, -0.25) is 4.90 Å². The lowest BCUT2D eigenvalue weighted by Crippen LogP contribution is -2.55. The first-order valence-corrected chi connectivity index (χ1v) is 10.1. The van der Waals surface area contributed by atoms with Crippen molar-refractivity contribution < 1.29 is 13.2 Å². The molecule has 2 aliphatic heterocycles. The molecule has 0 aliphatic carbocycles. The third kappa shape index (κ3) is 3.35. The van der Waals surface area contributed by atoms with E-state index in [1.807, 2.05) is 6.92 Å². The summed E-state index contributed by atoms with van der Waals surface area (Å²) in [5.74, 6) is 0. The number of sulfonamides is 1. The van der Waals surface area contributed by atoms with Crippen molar-refractivity contribution in [1.82, 2.24) is 14.6 Å². The first-order valence-electron chi connectivity index (χ1n) is 7.75. The van der Waals surface area contributed by atoms with Gasteiger partial charge < -0.3 is 4.74 Å². The van der Waals surface area contributed by atoms with Crippen molar-refractivity contribution >= 4 is 21.4 Å². The molecule has 2 aliphatic rings. The van der Waals surface area contributed by atoms with E-state index in [0.29, 0.717) is 23.1 Å². The number of aromatic nitrogens is 1. The molecule has 6 nitrogen and oxygen atoms in total. The Morgan fingerprint density at radius 2 is 2.05 bits per heavy atom. The summed E-state index contributed by atoms with van der Waals surface area (Å²) in [5, 5.41) is 0.779. The van der Waals surface area contributed by atoms with Gasteiger partial charge in [0.15, 0.2) is 4.21 Å². The van der Waals surface area contributed by atoms with Crippen LogP contribution in [-0.4, -0.2) is 56.7 Å². The van der Waals surface area contributed by atoms with E-state index in [0.717, 1.165) is 24.5 Å². The van der Waals surface area contributed by atoms with Gasteiger partial charge in [-0.15, -0.1) is 11.3 Å². The summed E-state index contributed by atoms with van der Waals surface area (Å²) in [6.07, 6.45) is 3.09. The van der Waals surface area contributed by atoms with Crippen LogP contribution >= 0.6 is 11.3 Å². The lowest BCUT2D eigenvalue weighted by molar-refractivity contribution is 0.0106. The standard InChI is InChI=1S/C14H23N3O3S2/c1-10-14(21-11(2)15-10)22(18,19)16-12-5-8-20-9-13(12)17-6-3-4-7-17/h12-13,16H,3-9H2,1-2H3. The monoisotopic (exact) mass is 345 g/mol. The molecule has 124 valence electrons. The van der Waals surface area contributed by atoms with Crippen LogP contribution in [0.1, 0.15) is 30.0 Å². The van der Waals surface area contributed by atoms with Crippen molar-refractivity contribution in [1.29, 1.82) is 0 Å². The van der Waals surface area contributed by atoms with E-state index in [1.165, 1.54) is 24.2 Å². The van der Waals surface area contributed by atoms with Crippen LogP contribution in [0.4, 0.5) is 0 Å². The Morgan fingerprint density at radius 1 is 1.32 bits per heavy atom. The Morgan fingerprint density at radius 3 is 2.68 bits per heavy atom. The minimum Gasteiger partial charge on any atom is -0.380 e. The summed E-state index contributed by atoms with van der Waals surface area (Å²) in [4.78, 5) is 6.59. The average Bonchev–Trinajstić information content (AvgIpc) is 3.09. The maximum absolute atomic E-state index is 12.7. The first-order chi connectivity index (χ1) is 10.5. The number of hydrogen-bond acceptors (Lipinski definition) is 6. The van der Waals surface area contributed by atoms with Crippen LogP contribution in [0.15, 0.2) is 4.21 Å². The Kier molecular flexibility index (Phi) is 4.84. The highest BCUT2D eigenvalue weighted by atomic mass is 32.2. The number of nitrogens with zero attached hydrogens (tertiary/aromatic N) is 2. The van der Waals surface area contributed by atoms with E-state index in [4.69, 9.17) is 4.74 Å². The molecule has 1 N–H and O–H groups in total. The van der Waals surface area contributed by atoms with Crippen molar-refractivity contribution in [2.24, 2.45) is 0 Å². The van der Waals surface area contributed by atoms with Crippen LogP contribution < -0.4 is 4.72 Å². The molecule has 0 spiro atoms. The predicted molar refractivity (Wildman–Crippen MR) is 85.7 cm³/mol. The predicted octanol–water partition coefficient (Wildman–Crippen LogP) is 1.29. The van der Waals surface area contributed by atoms with Gasteiger partial charge in [0.1, 0.15) is 0 Å². The lowest BCUT2D eigenvalue weighted by atomic mass is 10.0. The molecular weight excluding hydrogens is 322 g/mol. The summed E-state index contributed by atoms with van der Waals surface area (Å²) in [6.45, 7) is 6.86. The highest BCUT2D eigenvalue weighted by Crippen LogP contribution is 2.25. The first kappa shape index (κ1) is 16.3. The van der Waals surface area contributed by atoms with Gasteiger partial charge >= 0.3 is 0 Å². The Bertz CT molecular complexity index is 623. The third-order valence-corrected chi connectivity index (χ3v) is 7.52. The van der Waals surface area contributed by atoms with Crippen LogP contribution in [0.3, 0.4) is 0 Å². The molecule has 0 amide bonds. The number of aryl methyl sites for hydroxylation is 2. The van der Waals surface area contributed by atoms with Crippen LogP contribution in [0.25, 0.3) is 0 Å². The van der Waals surface area contributed by atoms with Gasteiger partial charge in [-0.2, -0.15) is 0 Å². The number of hydrogen-bond donors (Lipinski definition) is 1. The van der Waals surface area contributed by atoms with Crippen molar-refractivity contribution in [3.8, 4) is 0 Å². The Balaban J connectivity index is 1.78. The zero-order valence-corrected chi connectivity index (χ0v) is 14.7. The number of ether oxygens (including phenoxy) is 1. The minimum absolute atomic E-state index is 0.0846. The van der Waals surface area contributed by atoms with Crippen molar-refractivity contribution in [2.75, 3.05) is 26.3 Å². The highest BCUT2D eigenvalue weighted by Gasteiger charge is 2.35. The average molecular weight is 345 g/mol. The summed E-state index contributed by atoms with van der Waals surface area (Å²) in [5.41, 5.74) is 0.583. The number of likely N-dealkylation sites (tertiary alicyclic amines) is 1. The molecule has 2 saturated heterocycles. The zero-order valence-electron chi connectivity index (χ0n) is 13.0. The molecule has 2 unspecified atom stereocenters. The quantitative estimate of drug-likeness (QED) is 0.890. The molecule has 3 rings (SSSR count). The fraction of sp³-hybridized carbons (Fsp3) is 0.786. The molecule has 22 heavy (non-hydrogen) atoms. The van der Waals surface area contributed by atoms with Gasteiger partial charge in [0.2, 0.25) is 0 Å². The van der Waals surface area contributed by atoms with Gasteiger partial charge in [0, 0.05) is 18.7 Å². The Labute approximate surface area is 135 Å². The second-order valence-electron chi connectivity index (χ2n) is 6.01. The molecule has 3 heterocycles. The Hall–Kier alpha value is -0.540. The molecule has 0 radical (unpaired) electrons. The second-order valence-corrected chi connectivity index (χ2v) is 9.12. The summed E-state index contributed by atoms with van der Waals surface area (Å²) < 4.78 is 34.2. The largest absolute Gasteiger partial charge is 0.380 e. The topological polar surface area (TPSA) is 71.5 Å². The van der Waals surface area contributed by atoms with E-state index >= 15 is 0 Å². The smallest absolute Gasteiger partial charge is 0.252 e. The van der Waals surface area contributed by atoms with E-state index in [1.54, 1.807) is 6.92 Å². The highest BCUT2D eigenvalue weighted by molar-refractivity contribution is 7.91. The van der Waals surface area contributed by atoms with Crippen molar-refractivity contribution in [3.63, 3.8) is 0 Å². The molecule has 0 bridgehead atoms. The summed E-state index contributed by atoms with van der Waals surface area (Å²) in [6, 6.07) is 0.0546. The van der Waals surface area contributed by atoms with Gasteiger partial charge in [0.05, 0.1) is 17.3 Å². The molecular formula is C14H23N3O3S2. The van der Waals surface area contributed by atoms with Crippen LogP contribution in [-0.2, 0) is 14.8 Å². The van der Waals surface area contributed by atoms with Gasteiger partial charge in [-0.25, -0.2) is 18.1 Å². The maximum Gasteiger partial charge on any atom is 0.252 e. The van der Waals surface area contributed by atoms with E-state index in [2.05, 4.69) is 14.6 Å². The minimum atomic E-state index is -3.51. The molecule has 1 aromatic rings. The molecule has 2 fully saturated rings. The number of thiazole rings is 1. The van der Waals surface area contributed by atoms with Crippen LogP contribution in [0, 0.1) is 13.8 Å². The second kappa shape index (κ2) is 6.52. The lowest BCUT2D eigenvalue weighted by Gasteiger charge is -2.37.